The smallest absolute Gasteiger partial charge is 0.270 e. The van der Waals surface area contributed by atoms with E-state index in [9.17, 15) is 4.79 Å². The van der Waals surface area contributed by atoms with Crippen LogP contribution in [0.15, 0.2) is 24.4 Å². The molecule has 0 spiro atoms. The van der Waals surface area contributed by atoms with Crippen molar-refractivity contribution in [3.05, 3.63) is 47.0 Å². The van der Waals surface area contributed by atoms with Gasteiger partial charge >= 0.3 is 0 Å². The molecule has 2 heterocycles. The van der Waals surface area contributed by atoms with Crippen LogP contribution in [0.4, 0.5) is 5.95 Å². The predicted molar refractivity (Wildman–Crippen MR) is 76.0 cm³/mol. The molecule has 0 fully saturated rings. The van der Waals surface area contributed by atoms with Crippen LogP contribution < -0.4 is 11.1 Å². The summed E-state index contributed by atoms with van der Waals surface area (Å²) in [5, 5.41) is 2.86. The highest BCUT2D eigenvalue weighted by Gasteiger charge is 2.14. The number of nitrogen functional groups attached to an aromatic ring is 1. The molecule has 1 atom stereocenters. The Morgan fingerprint density at radius 2 is 2.00 bits per heavy atom. The number of rotatable bonds is 3. The van der Waals surface area contributed by atoms with Crippen LogP contribution in [-0.4, -0.2) is 20.9 Å². The average Bonchev–Trinajstić information content (AvgIpc) is 2.38. The van der Waals surface area contributed by atoms with Crippen molar-refractivity contribution in [2.24, 2.45) is 0 Å². The molecule has 0 bridgehead atoms. The SMILES string of the molecule is Cc1ccc([C@@H](C)NC(=O)c2cc(C)nc(N)n2)cn1. The third kappa shape index (κ3) is 3.28. The Kier molecular flexibility index (Phi) is 3.93. The Morgan fingerprint density at radius 1 is 1.25 bits per heavy atom. The first-order valence-electron chi connectivity index (χ1n) is 6.30. The second kappa shape index (κ2) is 5.64. The maximum atomic E-state index is 12.1. The van der Waals surface area contributed by atoms with E-state index in [1.807, 2.05) is 26.0 Å². The minimum Gasteiger partial charge on any atom is -0.368 e. The summed E-state index contributed by atoms with van der Waals surface area (Å²) in [6.07, 6.45) is 1.75. The van der Waals surface area contributed by atoms with Crippen molar-refractivity contribution in [3.8, 4) is 0 Å². The lowest BCUT2D eigenvalue weighted by Crippen LogP contribution is -2.28. The lowest BCUT2D eigenvalue weighted by atomic mass is 10.1. The van der Waals surface area contributed by atoms with Crippen LogP contribution in [0.3, 0.4) is 0 Å². The van der Waals surface area contributed by atoms with Crippen molar-refractivity contribution < 1.29 is 4.79 Å². The van der Waals surface area contributed by atoms with E-state index >= 15 is 0 Å². The van der Waals surface area contributed by atoms with Gasteiger partial charge in [0.1, 0.15) is 5.69 Å². The average molecular weight is 271 g/mol. The van der Waals surface area contributed by atoms with Crippen LogP contribution in [-0.2, 0) is 0 Å². The van der Waals surface area contributed by atoms with Crippen LogP contribution >= 0.6 is 0 Å². The zero-order valence-corrected chi connectivity index (χ0v) is 11.7. The molecule has 0 aliphatic rings. The van der Waals surface area contributed by atoms with Gasteiger partial charge in [0.25, 0.3) is 5.91 Å². The minimum absolute atomic E-state index is 0.0970. The zero-order chi connectivity index (χ0) is 14.7. The molecule has 0 radical (unpaired) electrons. The van der Waals surface area contributed by atoms with Crippen LogP contribution in [0, 0.1) is 13.8 Å². The van der Waals surface area contributed by atoms with Gasteiger partial charge in [-0.3, -0.25) is 9.78 Å². The molecule has 0 aliphatic carbocycles. The zero-order valence-electron chi connectivity index (χ0n) is 11.7. The fourth-order valence-corrected chi connectivity index (χ4v) is 1.80. The van der Waals surface area contributed by atoms with Gasteiger partial charge in [0, 0.05) is 17.6 Å². The van der Waals surface area contributed by atoms with E-state index in [1.54, 1.807) is 19.2 Å². The Balaban J connectivity index is 2.12. The van der Waals surface area contributed by atoms with Crippen molar-refractivity contribution in [2.75, 3.05) is 5.73 Å². The summed E-state index contributed by atoms with van der Waals surface area (Å²) in [5.74, 6) is -0.185. The van der Waals surface area contributed by atoms with Crippen LogP contribution in [0.1, 0.15) is 40.4 Å². The van der Waals surface area contributed by atoms with Crippen molar-refractivity contribution in [1.82, 2.24) is 20.3 Å². The largest absolute Gasteiger partial charge is 0.368 e. The molecule has 104 valence electrons. The van der Waals surface area contributed by atoms with E-state index in [-0.39, 0.29) is 23.6 Å². The first kappa shape index (κ1) is 13.9. The van der Waals surface area contributed by atoms with Crippen molar-refractivity contribution in [3.63, 3.8) is 0 Å². The number of pyridine rings is 1. The summed E-state index contributed by atoms with van der Waals surface area (Å²) in [4.78, 5) is 24.2. The fourth-order valence-electron chi connectivity index (χ4n) is 1.80. The van der Waals surface area contributed by atoms with E-state index in [4.69, 9.17) is 5.73 Å². The van der Waals surface area contributed by atoms with E-state index in [1.165, 1.54) is 0 Å². The number of nitrogens with two attached hydrogens (primary N) is 1. The molecule has 0 unspecified atom stereocenters. The number of hydrogen-bond acceptors (Lipinski definition) is 5. The molecule has 6 nitrogen and oxygen atoms in total. The van der Waals surface area contributed by atoms with Gasteiger partial charge in [-0.05, 0) is 38.5 Å². The van der Waals surface area contributed by atoms with Crippen LogP contribution in [0.25, 0.3) is 0 Å². The van der Waals surface area contributed by atoms with Gasteiger partial charge in [-0.2, -0.15) is 0 Å². The second-order valence-electron chi connectivity index (χ2n) is 4.68. The molecule has 1 amide bonds. The van der Waals surface area contributed by atoms with Gasteiger partial charge in [0.15, 0.2) is 0 Å². The first-order chi connectivity index (χ1) is 9.45. The molecule has 2 aromatic heterocycles. The summed E-state index contributed by atoms with van der Waals surface area (Å²) in [6, 6.07) is 5.29. The quantitative estimate of drug-likeness (QED) is 0.883. The van der Waals surface area contributed by atoms with Gasteiger partial charge in [-0.1, -0.05) is 6.07 Å². The Morgan fingerprint density at radius 3 is 2.60 bits per heavy atom. The number of carbonyl (C=O) groups excluding carboxylic acids is 1. The normalized spacial score (nSPS) is 11.9. The molecule has 0 aromatic carbocycles. The number of aryl methyl sites for hydroxylation is 2. The standard InChI is InChI=1S/C14H17N5O/c1-8-4-5-11(7-16-8)10(3)18-13(20)12-6-9(2)17-14(15)19-12/h4-7,10H,1-3H3,(H,18,20)(H2,15,17,19)/t10-/m1/s1. The topological polar surface area (TPSA) is 93.8 Å². The first-order valence-corrected chi connectivity index (χ1v) is 6.30. The molecular weight excluding hydrogens is 254 g/mol. The van der Waals surface area contributed by atoms with Crippen LogP contribution in [0.2, 0.25) is 0 Å². The highest BCUT2D eigenvalue weighted by Crippen LogP contribution is 2.12. The molecule has 2 aromatic rings. The lowest BCUT2D eigenvalue weighted by Gasteiger charge is -2.14. The number of hydrogen-bond donors (Lipinski definition) is 2. The number of nitrogens with zero attached hydrogens (tertiary/aromatic N) is 3. The molecule has 0 aliphatic heterocycles. The van der Waals surface area contributed by atoms with E-state index in [0.29, 0.717) is 5.69 Å². The number of anilines is 1. The van der Waals surface area contributed by atoms with Crippen molar-refractivity contribution in [2.45, 2.75) is 26.8 Å². The molecule has 2 rings (SSSR count). The Bertz CT molecular complexity index is 604. The summed E-state index contributed by atoms with van der Waals surface area (Å²) >= 11 is 0. The number of amides is 1. The van der Waals surface area contributed by atoms with Gasteiger partial charge in [0.2, 0.25) is 5.95 Å². The number of aromatic nitrogens is 3. The van der Waals surface area contributed by atoms with E-state index < -0.39 is 0 Å². The maximum Gasteiger partial charge on any atom is 0.270 e. The molecule has 6 heteroatoms. The summed E-state index contributed by atoms with van der Waals surface area (Å²) in [6.45, 7) is 5.57. The van der Waals surface area contributed by atoms with Gasteiger partial charge in [0.05, 0.1) is 6.04 Å². The Labute approximate surface area is 117 Å². The van der Waals surface area contributed by atoms with Crippen LogP contribution in [0.5, 0.6) is 0 Å². The molecule has 0 saturated carbocycles. The summed E-state index contributed by atoms with van der Waals surface area (Å²) in [7, 11) is 0. The lowest BCUT2D eigenvalue weighted by molar-refractivity contribution is 0.0934. The predicted octanol–water partition coefficient (Wildman–Crippen LogP) is 1.56. The van der Waals surface area contributed by atoms with E-state index in [2.05, 4.69) is 20.3 Å². The van der Waals surface area contributed by atoms with Gasteiger partial charge < -0.3 is 11.1 Å². The highest BCUT2D eigenvalue weighted by molar-refractivity contribution is 5.92. The number of carbonyl (C=O) groups is 1. The summed E-state index contributed by atoms with van der Waals surface area (Å²) in [5.41, 5.74) is 8.34. The van der Waals surface area contributed by atoms with E-state index in [0.717, 1.165) is 11.3 Å². The molecule has 0 saturated heterocycles. The maximum absolute atomic E-state index is 12.1. The molecule has 3 N–H and O–H groups in total. The van der Waals surface area contributed by atoms with Crippen molar-refractivity contribution in [1.29, 1.82) is 0 Å². The molecule has 20 heavy (non-hydrogen) atoms. The minimum atomic E-state index is -0.282. The van der Waals surface area contributed by atoms with Gasteiger partial charge in [-0.25, -0.2) is 9.97 Å². The number of nitrogens with one attached hydrogen (secondary N) is 1. The molecular formula is C14H17N5O. The fraction of sp³-hybridized carbons (Fsp3) is 0.286. The summed E-state index contributed by atoms with van der Waals surface area (Å²) < 4.78 is 0. The third-order valence-corrected chi connectivity index (χ3v) is 2.89. The third-order valence-electron chi connectivity index (χ3n) is 2.89. The highest BCUT2D eigenvalue weighted by atomic mass is 16.1. The second-order valence-corrected chi connectivity index (χ2v) is 4.68. The monoisotopic (exact) mass is 271 g/mol. The Hall–Kier alpha value is -2.50. The van der Waals surface area contributed by atoms with Crippen molar-refractivity contribution >= 4 is 11.9 Å². The van der Waals surface area contributed by atoms with Gasteiger partial charge in [-0.15, -0.1) is 0 Å².